The monoisotopic (exact) mass is 479 g/mol. The van der Waals surface area contributed by atoms with E-state index in [1.54, 1.807) is 7.11 Å². The van der Waals surface area contributed by atoms with Crippen LogP contribution in [0.2, 0.25) is 5.02 Å². The first kappa shape index (κ1) is 22.6. The summed E-state index contributed by atoms with van der Waals surface area (Å²) < 4.78 is 17.1. The highest BCUT2D eigenvalue weighted by molar-refractivity contribution is 6.36. The van der Waals surface area contributed by atoms with Crippen LogP contribution in [0.3, 0.4) is 0 Å². The molecule has 1 saturated heterocycles. The number of hydrogen-bond acceptors (Lipinski definition) is 5. The molecular formula is C27H26ClNO5. The number of carboxylic acids is 1. The van der Waals surface area contributed by atoms with Gasteiger partial charge in [0.05, 0.1) is 12.1 Å². The predicted octanol–water partition coefficient (Wildman–Crippen LogP) is 5.50. The van der Waals surface area contributed by atoms with Gasteiger partial charge in [-0.2, -0.15) is 0 Å². The normalized spacial score (nSPS) is 17.5. The summed E-state index contributed by atoms with van der Waals surface area (Å²) in [6.07, 6.45) is 1.57. The van der Waals surface area contributed by atoms with E-state index in [9.17, 15) is 9.90 Å². The average Bonchev–Trinajstić information content (AvgIpc) is 3.33. The van der Waals surface area contributed by atoms with E-state index in [0.29, 0.717) is 37.0 Å². The highest BCUT2D eigenvalue weighted by atomic mass is 35.5. The predicted molar refractivity (Wildman–Crippen MR) is 131 cm³/mol. The van der Waals surface area contributed by atoms with Crippen LogP contribution >= 0.6 is 11.6 Å². The maximum absolute atomic E-state index is 11.6. The lowest BCUT2D eigenvalue weighted by atomic mass is 9.97. The molecule has 0 radical (unpaired) electrons. The molecule has 3 aromatic carbocycles. The lowest BCUT2D eigenvalue weighted by molar-refractivity contribution is -0.142. The molecule has 2 aliphatic rings. The number of fused-ring (bicyclic) bond motifs is 1. The fourth-order valence-corrected chi connectivity index (χ4v) is 5.09. The van der Waals surface area contributed by atoms with Crippen molar-refractivity contribution in [2.45, 2.75) is 25.4 Å². The van der Waals surface area contributed by atoms with Crippen molar-refractivity contribution in [3.8, 4) is 39.5 Å². The van der Waals surface area contributed by atoms with E-state index < -0.39 is 12.0 Å². The number of ether oxygens (including phenoxy) is 3. The van der Waals surface area contributed by atoms with Crippen molar-refractivity contribution in [3.05, 3.63) is 65.2 Å². The maximum atomic E-state index is 11.6. The van der Waals surface area contributed by atoms with Crippen molar-refractivity contribution in [2.75, 3.05) is 26.9 Å². The fraction of sp³-hybridized carbons (Fsp3) is 0.296. The highest BCUT2D eigenvalue weighted by Gasteiger charge is 2.31. The Hall–Kier alpha value is -3.22. The SMILES string of the molecule is COc1cc(-c2cccc(-c3ccc4c(c3)OCCO4)c2Cl)ccc1CN1CCCC1C(=O)O. The van der Waals surface area contributed by atoms with Crippen LogP contribution in [0.1, 0.15) is 18.4 Å². The van der Waals surface area contributed by atoms with Gasteiger partial charge in [0, 0.05) is 23.2 Å². The van der Waals surface area contributed by atoms with Gasteiger partial charge in [0.2, 0.25) is 0 Å². The van der Waals surface area contributed by atoms with Crippen molar-refractivity contribution in [1.82, 2.24) is 4.90 Å². The van der Waals surface area contributed by atoms with Crippen LogP contribution in [0.25, 0.3) is 22.3 Å². The molecule has 7 heteroatoms. The summed E-state index contributed by atoms with van der Waals surface area (Å²) in [4.78, 5) is 13.6. The molecule has 1 unspecified atom stereocenters. The Morgan fingerprint density at radius 1 is 1.06 bits per heavy atom. The number of nitrogens with zero attached hydrogens (tertiary/aromatic N) is 1. The van der Waals surface area contributed by atoms with Crippen LogP contribution in [0.4, 0.5) is 0 Å². The number of carbonyl (C=O) groups is 1. The summed E-state index contributed by atoms with van der Waals surface area (Å²) >= 11 is 6.90. The summed E-state index contributed by atoms with van der Waals surface area (Å²) in [5.41, 5.74) is 4.64. The minimum absolute atomic E-state index is 0.443. The van der Waals surface area contributed by atoms with Crippen LogP contribution in [-0.2, 0) is 11.3 Å². The first-order valence-electron chi connectivity index (χ1n) is 11.4. The van der Waals surface area contributed by atoms with Gasteiger partial charge in [-0.25, -0.2) is 0 Å². The number of carboxylic acid groups (broad SMARTS) is 1. The van der Waals surface area contributed by atoms with E-state index >= 15 is 0 Å². The van der Waals surface area contributed by atoms with Gasteiger partial charge >= 0.3 is 5.97 Å². The Bertz CT molecular complexity index is 1230. The van der Waals surface area contributed by atoms with Crippen LogP contribution < -0.4 is 14.2 Å². The molecule has 1 N–H and O–H groups in total. The quantitative estimate of drug-likeness (QED) is 0.503. The Morgan fingerprint density at radius 3 is 2.50 bits per heavy atom. The number of likely N-dealkylation sites (tertiary alicyclic amines) is 1. The van der Waals surface area contributed by atoms with E-state index in [0.717, 1.165) is 52.3 Å². The molecule has 0 aliphatic carbocycles. The molecule has 34 heavy (non-hydrogen) atoms. The average molecular weight is 480 g/mol. The molecule has 1 atom stereocenters. The van der Waals surface area contributed by atoms with E-state index in [4.69, 9.17) is 25.8 Å². The zero-order valence-corrected chi connectivity index (χ0v) is 19.7. The molecule has 0 amide bonds. The zero-order chi connectivity index (χ0) is 23.7. The van der Waals surface area contributed by atoms with E-state index in [1.807, 2.05) is 59.5 Å². The standard InChI is InChI=1S/C27H26ClNO5/c1-32-24-14-17(7-8-19(24)16-29-11-3-6-22(29)27(30)31)20-4-2-5-21(26(20)28)18-9-10-23-25(15-18)34-13-12-33-23/h2,4-5,7-10,14-15,22H,3,6,11-13,16H2,1H3,(H,30,31). The first-order chi connectivity index (χ1) is 16.5. The summed E-state index contributed by atoms with van der Waals surface area (Å²) in [5, 5.41) is 10.1. The van der Waals surface area contributed by atoms with E-state index in [-0.39, 0.29) is 0 Å². The molecule has 0 bridgehead atoms. The minimum atomic E-state index is -0.768. The second-order valence-corrected chi connectivity index (χ2v) is 8.90. The molecule has 2 aliphatic heterocycles. The second kappa shape index (κ2) is 9.57. The van der Waals surface area contributed by atoms with Gasteiger partial charge < -0.3 is 19.3 Å². The Balaban J connectivity index is 1.46. The van der Waals surface area contributed by atoms with Gasteiger partial charge in [-0.3, -0.25) is 9.69 Å². The number of methoxy groups -OCH3 is 1. The topological polar surface area (TPSA) is 68.2 Å². The van der Waals surface area contributed by atoms with Gasteiger partial charge in [-0.1, -0.05) is 48.0 Å². The summed E-state index contributed by atoms with van der Waals surface area (Å²) in [5.74, 6) is 1.41. The number of halogens is 1. The molecule has 2 heterocycles. The van der Waals surface area contributed by atoms with Gasteiger partial charge in [-0.05, 0) is 48.7 Å². The molecule has 1 fully saturated rings. The fourth-order valence-electron chi connectivity index (χ4n) is 4.75. The lowest BCUT2D eigenvalue weighted by Crippen LogP contribution is -2.35. The van der Waals surface area contributed by atoms with Crippen LogP contribution in [0.15, 0.2) is 54.6 Å². The molecule has 176 valence electrons. The first-order valence-corrected chi connectivity index (χ1v) is 11.8. The Morgan fingerprint density at radius 2 is 1.76 bits per heavy atom. The second-order valence-electron chi connectivity index (χ2n) is 8.52. The van der Waals surface area contributed by atoms with Crippen molar-refractivity contribution in [3.63, 3.8) is 0 Å². The van der Waals surface area contributed by atoms with E-state index in [1.165, 1.54) is 0 Å². The van der Waals surface area contributed by atoms with Gasteiger partial charge in [0.1, 0.15) is 25.0 Å². The molecular weight excluding hydrogens is 454 g/mol. The number of benzene rings is 3. The third-order valence-corrected chi connectivity index (χ3v) is 6.88. The maximum Gasteiger partial charge on any atom is 0.320 e. The lowest BCUT2D eigenvalue weighted by Gasteiger charge is -2.22. The number of rotatable bonds is 6. The molecule has 0 spiro atoms. The minimum Gasteiger partial charge on any atom is -0.496 e. The third kappa shape index (κ3) is 4.31. The van der Waals surface area contributed by atoms with E-state index in [2.05, 4.69) is 0 Å². The van der Waals surface area contributed by atoms with Crippen molar-refractivity contribution in [2.24, 2.45) is 0 Å². The number of aliphatic carboxylic acids is 1. The largest absolute Gasteiger partial charge is 0.496 e. The molecule has 3 aromatic rings. The summed E-state index contributed by atoms with van der Waals surface area (Å²) in [6.45, 7) is 2.38. The van der Waals surface area contributed by atoms with Crippen molar-refractivity contribution < 1.29 is 24.1 Å². The van der Waals surface area contributed by atoms with Crippen LogP contribution in [0.5, 0.6) is 17.2 Å². The third-order valence-electron chi connectivity index (χ3n) is 6.47. The van der Waals surface area contributed by atoms with Crippen LogP contribution in [0, 0.1) is 0 Å². The van der Waals surface area contributed by atoms with Crippen molar-refractivity contribution >= 4 is 17.6 Å². The van der Waals surface area contributed by atoms with Gasteiger partial charge in [0.25, 0.3) is 0 Å². The molecule has 5 rings (SSSR count). The van der Waals surface area contributed by atoms with Gasteiger partial charge in [0.15, 0.2) is 11.5 Å². The zero-order valence-electron chi connectivity index (χ0n) is 18.9. The van der Waals surface area contributed by atoms with Gasteiger partial charge in [-0.15, -0.1) is 0 Å². The van der Waals surface area contributed by atoms with Crippen LogP contribution in [-0.4, -0.2) is 48.9 Å². The summed E-state index contributed by atoms with van der Waals surface area (Å²) in [7, 11) is 1.63. The molecule has 6 nitrogen and oxygen atoms in total. The summed E-state index contributed by atoms with van der Waals surface area (Å²) in [6, 6.07) is 17.3. The molecule has 0 aromatic heterocycles. The van der Waals surface area contributed by atoms with Crippen molar-refractivity contribution in [1.29, 1.82) is 0 Å². The smallest absolute Gasteiger partial charge is 0.320 e. The number of hydrogen-bond donors (Lipinski definition) is 1. The highest BCUT2D eigenvalue weighted by Crippen LogP contribution is 2.41. The Labute approximate surface area is 203 Å². The molecule has 0 saturated carbocycles. The Kier molecular flexibility index (Phi) is 6.35.